The van der Waals surface area contributed by atoms with Crippen LogP contribution < -0.4 is 10.5 Å². The predicted octanol–water partition coefficient (Wildman–Crippen LogP) is 1.36. The molecule has 2 aliphatic heterocycles. The summed E-state index contributed by atoms with van der Waals surface area (Å²) in [7, 11) is -2.97. The molecule has 1 aromatic carbocycles. The monoisotopic (exact) mass is 390 g/mol. The molecule has 1 fully saturated rings. The van der Waals surface area contributed by atoms with Gasteiger partial charge in [0.15, 0.2) is 0 Å². The van der Waals surface area contributed by atoms with Crippen molar-refractivity contribution in [2.45, 2.75) is 25.3 Å². The summed E-state index contributed by atoms with van der Waals surface area (Å²) >= 11 is 0. The third-order valence-corrected chi connectivity index (χ3v) is 8.08. The number of hydrogen-bond acceptors (Lipinski definition) is 5. The first-order chi connectivity index (χ1) is 12.9. The highest BCUT2D eigenvalue weighted by atomic mass is 32.3. The van der Waals surface area contributed by atoms with Crippen molar-refractivity contribution in [2.24, 2.45) is 10.7 Å². The van der Waals surface area contributed by atoms with Crippen LogP contribution >= 0.6 is 0 Å². The summed E-state index contributed by atoms with van der Waals surface area (Å²) < 4.78 is 33.3. The topological polar surface area (TPSA) is 96.5 Å². The molecule has 1 atom stereocenters. The van der Waals surface area contributed by atoms with Crippen LogP contribution in [0.15, 0.2) is 41.9 Å². The largest absolute Gasteiger partial charge is 0.369 e. The van der Waals surface area contributed by atoms with Crippen LogP contribution in [0.1, 0.15) is 25.3 Å². The molecule has 2 aromatic rings. The molecule has 2 aliphatic rings. The number of aliphatic imine (C=N–C) groups is 1. The van der Waals surface area contributed by atoms with Crippen molar-refractivity contribution >= 4 is 16.3 Å². The summed E-state index contributed by atoms with van der Waals surface area (Å²) in [6, 6.07) is 4.80. The first-order valence-electron chi connectivity index (χ1n) is 8.94. The Balaban J connectivity index is 1.80. The second-order valence-corrected chi connectivity index (χ2v) is 9.68. The number of thiol groups is 1. The Morgan fingerprint density at radius 1 is 1.26 bits per heavy atom. The molecule has 0 saturated carbocycles. The average molecular weight is 390 g/mol. The lowest BCUT2D eigenvalue weighted by molar-refractivity contribution is 0.459. The Morgan fingerprint density at radius 3 is 2.81 bits per heavy atom. The third-order valence-electron chi connectivity index (χ3n) is 5.13. The molecular weight excluding hydrogens is 367 g/mol. The van der Waals surface area contributed by atoms with E-state index in [4.69, 9.17) is 5.73 Å². The fourth-order valence-electron chi connectivity index (χ4n) is 3.78. The highest BCUT2D eigenvalue weighted by Gasteiger charge is 2.43. The van der Waals surface area contributed by atoms with Crippen molar-refractivity contribution < 1.29 is 8.60 Å². The average Bonchev–Trinajstić information content (AvgIpc) is 2.84. The van der Waals surface area contributed by atoms with E-state index in [1.807, 2.05) is 0 Å². The van der Waals surface area contributed by atoms with Crippen molar-refractivity contribution in [3.63, 3.8) is 0 Å². The van der Waals surface area contributed by atoms with Gasteiger partial charge in [-0.05, 0) is 37.5 Å². The predicted molar refractivity (Wildman–Crippen MR) is 105 cm³/mol. The molecule has 9 heteroatoms. The highest BCUT2D eigenvalue weighted by molar-refractivity contribution is 7.99. The second-order valence-electron chi connectivity index (χ2n) is 7.16. The zero-order valence-electron chi connectivity index (χ0n) is 15.1. The fraction of sp³-hybridized carbons (Fsp3) is 0.389. The van der Waals surface area contributed by atoms with E-state index in [9.17, 15) is 8.60 Å². The zero-order chi connectivity index (χ0) is 19.1. The maximum Gasteiger partial charge on any atom is 0.203 e. The number of nitrogens with two attached hydrogens (primary N) is 1. The van der Waals surface area contributed by atoms with Crippen molar-refractivity contribution in [2.75, 3.05) is 18.8 Å². The lowest BCUT2D eigenvalue weighted by Gasteiger charge is -2.45. The number of halogens is 1. The van der Waals surface area contributed by atoms with Crippen LogP contribution in [0.25, 0.3) is 11.1 Å². The van der Waals surface area contributed by atoms with Crippen molar-refractivity contribution in [1.29, 1.82) is 0 Å². The van der Waals surface area contributed by atoms with Gasteiger partial charge in [-0.15, -0.1) is 0 Å². The Hall–Kier alpha value is -2.39. The minimum atomic E-state index is -2.97. The van der Waals surface area contributed by atoms with Crippen molar-refractivity contribution in [3.05, 3.63) is 48.3 Å². The van der Waals surface area contributed by atoms with Gasteiger partial charge in [0, 0.05) is 46.9 Å². The van der Waals surface area contributed by atoms with Gasteiger partial charge in [-0.3, -0.25) is 8.51 Å². The van der Waals surface area contributed by atoms with Crippen LogP contribution in [0.2, 0.25) is 0 Å². The first kappa shape index (κ1) is 18.0. The van der Waals surface area contributed by atoms with E-state index >= 15 is 0 Å². The zero-order valence-corrected chi connectivity index (χ0v) is 16.0. The molecular formula is C18H23FN6OS. The molecule has 27 heavy (non-hydrogen) atoms. The minimum absolute atomic E-state index is 0.187. The summed E-state index contributed by atoms with van der Waals surface area (Å²) in [4.78, 5) is 12.6. The Morgan fingerprint density at radius 2 is 2.04 bits per heavy atom. The number of nitrogens with zero attached hydrogens (tertiary/aromatic N) is 4. The SMILES string of the molecule is C[C@@]1(c2cc(-c3cncnc3)ccc2F)C[SH]2(=O)NCCCCN2C(N)=N1. The van der Waals surface area contributed by atoms with Gasteiger partial charge >= 0.3 is 0 Å². The van der Waals surface area contributed by atoms with Crippen LogP contribution in [-0.4, -0.2) is 43.3 Å². The van der Waals surface area contributed by atoms with Crippen LogP contribution in [0, 0.1) is 5.82 Å². The minimum Gasteiger partial charge on any atom is -0.369 e. The van der Waals surface area contributed by atoms with Crippen LogP contribution in [0.5, 0.6) is 0 Å². The molecule has 0 radical (unpaired) electrons. The van der Waals surface area contributed by atoms with Crippen molar-refractivity contribution in [3.8, 4) is 11.1 Å². The molecule has 0 amide bonds. The third kappa shape index (κ3) is 3.21. The van der Waals surface area contributed by atoms with Gasteiger partial charge in [0.25, 0.3) is 0 Å². The molecule has 3 N–H and O–H groups in total. The van der Waals surface area contributed by atoms with E-state index in [0.717, 1.165) is 24.0 Å². The smallest absolute Gasteiger partial charge is 0.203 e. The van der Waals surface area contributed by atoms with E-state index in [0.29, 0.717) is 18.7 Å². The lowest BCUT2D eigenvalue weighted by Crippen LogP contribution is -2.60. The van der Waals surface area contributed by atoms with Crippen LogP contribution in [-0.2, 0) is 15.8 Å². The summed E-state index contributed by atoms with van der Waals surface area (Å²) in [6.45, 7) is 3.04. The van der Waals surface area contributed by atoms with E-state index in [1.165, 1.54) is 12.4 Å². The van der Waals surface area contributed by atoms with E-state index in [1.54, 1.807) is 35.8 Å². The molecule has 1 saturated heterocycles. The highest BCUT2D eigenvalue weighted by Crippen LogP contribution is 2.37. The molecule has 4 rings (SSSR count). The first-order valence-corrected chi connectivity index (χ1v) is 10.8. The van der Waals surface area contributed by atoms with Crippen LogP contribution in [0.3, 0.4) is 0 Å². The van der Waals surface area contributed by atoms with E-state index < -0.39 is 21.7 Å². The molecule has 0 unspecified atom stereocenters. The Bertz CT molecular complexity index is 937. The van der Waals surface area contributed by atoms with Gasteiger partial charge in [-0.25, -0.2) is 24.1 Å². The summed E-state index contributed by atoms with van der Waals surface area (Å²) in [5.74, 6) is -0.00864. The second kappa shape index (κ2) is 6.65. The quantitative estimate of drug-likeness (QED) is 0.675. The standard InChI is InChI=1S/C18H23FN6OS/c1-18(11-27(26)23-6-2-3-7-25(27)17(20)24-18)15-8-13(4-5-16(15)19)14-9-21-12-22-10-14/h4-5,8-10,12,27H,2-3,6-7,11H2,1H3,(H2,20,24)(H,23,26)/t18-/m0/s1. The van der Waals surface area contributed by atoms with Gasteiger partial charge in [0.1, 0.15) is 17.7 Å². The fourth-order valence-corrected chi connectivity index (χ4v) is 6.66. The van der Waals surface area contributed by atoms with Gasteiger partial charge in [-0.2, -0.15) is 0 Å². The molecule has 7 nitrogen and oxygen atoms in total. The van der Waals surface area contributed by atoms with Crippen LogP contribution in [0.4, 0.5) is 4.39 Å². The summed E-state index contributed by atoms with van der Waals surface area (Å²) in [5, 5.41) is 0. The maximum atomic E-state index is 14.8. The van der Waals surface area contributed by atoms with Crippen molar-refractivity contribution in [1.82, 2.24) is 19.0 Å². The number of rotatable bonds is 2. The number of benzene rings is 1. The lowest BCUT2D eigenvalue weighted by atomic mass is 9.91. The van der Waals surface area contributed by atoms with Gasteiger partial charge < -0.3 is 5.73 Å². The molecule has 0 bridgehead atoms. The molecule has 0 aliphatic carbocycles. The summed E-state index contributed by atoms with van der Waals surface area (Å²) in [6.07, 6.45) is 6.59. The maximum absolute atomic E-state index is 14.8. The molecule has 144 valence electrons. The number of nitrogens with one attached hydrogen (secondary N) is 1. The Kier molecular flexibility index (Phi) is 4.43. The Labute approximate surface area is 158 Å². The van der Waals surface area contributed by atoms with Gasteiger partial charge in [0.05, 0.1) is 5.75 Å². The molecule has 1 aromatic heterocycles. The number of hydrogen-bond donors (Lipinski definition) is 3. The molecule has 0 spiro atoms. The molecule has 3 heterocycles. The number of guanidine groups is 1. The van der Waals surface area contributed by atoms with Gasteiger partial charge in [0.2, 0.25) is 5.96 Å². The summed E-state index contributed by atoms with van der Waals surface area (Å²) in [5.41, 5.74) is 7.07. The number of aromatic nitrogens is 2. The van der Waals surface area contributed by atoms with E-state index in [2.05, 4.69) is 19.7 Å². The van der Waals surface area contributed by atoms with E-state index in [-0.39, 0.29) is 11.7 Å². The normalized spacial score (nSPS) is 25.9. The van der Waals surface area contributed by atoms with Gasteiger partial charge in [-0.1, -0.05) is 6.07 Å². The number of fused-ring (bicyclic) bond motifs is 1.